The average molecular weight is 384 g/mol. The number of nitrogens with one attached hydrogen (secondary N) is 1. The fourth-order valence-corrected chi connectivity index (χ4v) is 2.72. The zero-order chi connectivity index (χ0) is 20.5. The average Bonchev–Trinajstić information content (AvgIpc) is 2.68. The SMILES string of the molecule is COc1ccc(C(CC(=O)N(C)CCOc2ccc(C)cc2)NC(C)=O)cc1. The number of nitrogens with zero attached hydrogens (tertiary/aromatic N) is 1. The lowest BCUT2D eigenvalue weighted by atomic mass is 10.0. The molecule has 1 unspecified atom stereocenters. The number of rotatable bonds is 9. The summed E-state index contributed by atoms with van der Waals surface area (Å²) in [6.45, 7) is 4.32. The Bertz CT molecular complexity index is 772. The van der Waals surface area contributed by atoms with Gasteiger partial charge in [0.2, 0.25) is 11.8 Å². The van der Waals surface area contributed by atoms with Crippen LogP contribution in [0.2, 0.25) is 0 Å². The van der Waals surface area contributed by atoms with Gasteiger partial charge >= 0.3 is 0 Å². The molecule has 0 aliphatic heterocycles. The van der Waals surface area contributed by atoms with E-state index < -0.39 is 6.04 Å². The summed E-state index contributed by atoms with van der Waals surface area (Å²) in [7, 11) is 3.33. The monoisotopic (exact) mass is 384 g/mol. The standard InChI is InChI=1S/C22H28N2O4/c1-16-5-9-20(10-6-16)28-14-13-24(3)22(26)15-21(23-17(2)25)18-7-11-19(27-4)12-8-18/h5-12,21H,13-15H2,1-4H3,(H,23,25). The summed E-state index contributed by atoms with van der Waals surface area (Å²) >= 11 is 0. The second-order valence-corrected chi connectivity index (χ2v) is 6.71. The van der Waals surface area contributed by atoms with Crippen LogP contribution in [0, 0.1) is 6.92 Å². The van der Waals surface area contributed by atoms with Crippen LogP contribution >= 0.6 is 0 Å². The molecule has 6 nitrogen and oxygen atoms in total. The van der Waals surface area contributed by atoms with Gasteiger partial charge in [-0.1, -0.05) is 29.8 Å². The lowest BCUT2D eigenvalue weighted by Gasteiger charge is -2.23. The molecule has 0 heterocycles. The van der Waals surface area contributed by atoms with E-state index in [1.807, 2.05) is 55.5 Å². The number of aryl methyl sites for hydroxylation is 1. The molecule has 28 heavy (non-hydrogen) atoms. The molecule has 1 N–H and O–H groups in total. The van der Waals surface area contributed by atoms with Crippen LogP contribution in [-0.2, 0) is 9.59 Å². The number of benzene rings is 2. The molecule has 150 valence electrons. The largest absolute Gasteiger partial charge is 0.497 e. The maximum atomic E-state index is 12.6. The molecule has 2 aromatic carbocycles. The van der Waals surface area contributed by atoms with Gasteiger partial charge in [-0.2, -0.15) is 0 Å². The molecule has 0 saturated heterocycles. The summed E-state index contributed by atoms with van der Waals surface area (Å²) < 4.78 is 10.8. The molecular weight excluding hydrogens is 356 g/mol. The van der Waals surface area contributed by atoms with Crippen LogP contribution in [0.5, 0.6) is 11.5 Å². The zero-order valence-corrected chi connectivity index (χ0v) is 16.9. The van der Waals surface area contributed by atoms with Crippen LogP contribution < -0.4 is 14.8 Å². The van der Waals surface area contributed by atoms with Crippen molar-refractivity contribution in [1.82, 2.24) is 10.2 Å². The van der Waals surface area contributed by atoms with E-state index in [0.717, 1.165) is 17.1 Å². The lowest BCUT2D eigenvalue weighted by molar-refractivity contribution is -0.131. The molecule has 0 fully saturated rings. The Morgan fingerprint density at radius 1 is 1.04 bits per heavy atom. The predicted octanol–water partition coefficient (Wildman–Crippen LogP) is 3.11. The van der Waals surface area contributed by atoms with Gasteiger partial charge in [0.15, 0.2) is 0 Å². The lowest BCUT2D eigenvalue weighted by Crippen LogP contribution is -2.35. The van der Waals surface area contributed by atoms with Gasteiger partial charge in [-0.15, -0.1) is 0 Å². The number of hydrogen-bond donors (Lipinski definition) is 1. The molecule has 2 amide bonds. The van der Waals surface area contributed by atoms with Crippen LogP contribution in [0.15, 0.2) is 48.5 Å². The number of ether oxygens (including phenoxy) is 2. The third-order valence-corrected chi connectivity index (χ3v) is 4.42. The fraction of sp³-hybridized carbons (Fsp3) is 0.364. The molecule has 0 bridgehead atoms. The maximum Gasteiger partial charge on any atom is 0.224 e. The van der Waals surface area contributed by atoms with Crippen molar-refractivity contribution in [3.63, 3.8) is 0 Å². The van der Waals surface area contributed by atoms with E-state index in [0.29, 0.717) is 13.2 Å². The summed E-state index contributed by atoms with van der Waals surface area (Å²) in [6.07, 6.45) is 0.174. The minimum absolute atomic E-state index is 0.0675. The quantitative estimate of drug-likeness (QED) is 0.721. The predicted molar refractivity (Wildman–Crippen MR) is 108 cm³/mol. The number of methoxy groups -OCH3 is 1. The first-order valence-electron chi connectivity index (χ1n) is 9.23. The Hall–Kier alpha value is -3.02. The number of carbonyl (C=O) groups is 2. The number of carbonyl (C=O) groups excluding carboxylic acids is 2. The van der Waals surface area contributed by atoms with Crippen molar-refractivity contribution < 1.29 is 19.1 Å². The Balaban J connectivity index is 1.91. The first kappa shape index (κ1) is 21.3. The Morgan fingerprint density at radius 3 is 2.21 bits per heavy atom. The summed E-state index contributed by atoms with van der Waals surface area (Å²) in [5.74, 6) is 1.25. The highest BCUT2D eigenvalue weighted by Gasteiger charge is 2.19. The van der Waals surface area contributed by atoms with E-state index >= 15 is 0 Å². The molecular formula is C22H28N2O4. The molecule has 2 rings (SSSR count). The smallest absolute Gasteiger partial charge is 0.224 e. The van der Waals surface area contributed by atoms with E-state index in [-0.39, 0.29) is 18.2 Å². The van der Waals surface area contributed by atoms with Crippen LogP contribution in [0.4, 0.5) is 0 Å². The minimum Gasteiger partial charge on any atom is -0.497 e. The Kier molecular flexibility index (Phi) is 7.87. The first-order chi connectivity index (χ1) is 13.4. The van der Waals surface area contributed by atoms with E-state index in [2.05, 4.69) is 5.32 Å². The van der Waals surface area contributed by atoms with Crippen molar-refractivity contribution in [1.29, 1.82) is 0 Å². The molecule has 2 aromatic rings. The molecule has 0 spiro atoms. The normalized spacial score (nSPS) is 11.4. The Morgan fingerprint density at radius 2 is 1.64 bits per heavy atom. The van der Waals surface area contributed by atoms with Crippen LogP contribution in [-0.4, -0.2) is 44.0 Å². The van der Waals surface area contributed by atoms with E-state index in [1.54, 1.807) is 19.1 Å². The van der Waals surface area contributed by atoms with Crippen LogP contribution in [0.1, 0.15) is 30.5 Å². The topological polar surface area (TPSA) is 67.9 Å². The highest BCUT2D eigenvalue weighted by Crippen LogP contribution is 2.21. The van der Waals surface area contributed by atoms with Crippen LogP contribution in [0.3, 0.4) is 0 Å². The van der Waals surface area contributed by atoms with E-state index in [1.165, 1.54) is 12.5 Å². The fourth-order valence-electron chi connectivity index (χ4n) is 2.72. The molecule has 6 heteroatoms. The van der Waals surface area contributed by atoms with Crippen molar-refractivity contribution in [3.8, 4) is 11.5 Å². The van der Waals surface area contributed by atoms with Crippen molar-refractivity contribution >= 4 is 11.8 Å². The van der Waals surface area contributed by atoms with Gasteiger partial charge in [-0.3, -0.25) is 9.59 Å². The van der Waals surface area contributed by atoms with E-state index in [9.17, 15) is 9.59 Å². The molecule has 0 aliphatic carbocycles. The van der Waals surface area contributed by atoms with Gasteiger partial charge in [0.25, 0.3) is 0 Å². The van der Waals surface area contributed by atoms with Crippen LogP contribution in [0.25, 0.3) is 0 Å². The van der Waals surface area contributed by atoms with Crippen molar-refractivity contribution in [2.75, 3.05) is 27.3 Å². The van der Waals surface area contributed by atoms with Crippen molar-refractivity contribution in [3.05, 3.63) is 59.7 Å². The molecule has 1 atom stereocenters. The summed E-state index contributed by atoms with van der Waals surface area (Å²) in [5, 5.41) is 2.85. The third-order valence-electron chi connectivity index (χ3n) is 4.42. The van der Waals surface area contributed by atoms with Gasteiger partial charge in [-0.25, -0.2) is 0 Å². The zero-order valence-electron chi connectivity index (χ0n) is 16.9. The number of amides is 2. The van der Waals surface area contributed by atoms with Gasteiger partial charge in [0.1, 0.15) is 18.1 Å². The molecule has 0 radical (unpaired) electrons. The highest BCUT2D eigenvalue weighted by atomic mass is 16.5. The van der Waals surface area contributed by atoms with E-state index in [4.69, 9.17) is 9.47 Å². The van der Waals surface area contributed by atoms with Gasteiger partial charge < -0.3 is 19.7 Å². The molecule has 0 aliphatic rings. The summed E-state index contributed by atoms with van der Waals surface area (Å²) in [5.41, 5.74) is 2.02. The van der Waals surface area contributed by atoms with Gasteiger partial charge in [0, 0.05) is 14.0 Å². The second kappa shape index (κ2) is 10.3. The Labute approximate surface area is 166 Å². The summed E-state index contributed by atoms with van der Waals surface area (Å²) in [6, 6.07) is 14.7. The molecule has 0 saturated carbocycles. The van der Waals surface area contributed by atoms with Crippen molar-refractivity contribution in [2.45, 2.75) is 26.3 Å². The highest BCUT2D eigenvalue weighted by molar-refractivity contribution is 5.79. The van der Waals surface area contributed by atoms with Gasteiger partial charge in [0.05, 0.1) is 26.1 Å². The number of likely N-dealkylation sites (N-methyl/N-ethyl adjacent to an activating group) is 1. The van der Waals surface area contributed by atoms with Gasteiger partial charge in [-0.05, 0) is 36.8 Å². The third kappa shape index (κ3) is 6.61. The molecule has 0 aromatic heterocycles. The second-order valence-electron chi connectivity index (χ2n) is 6.71. The number of hydrogen-bond acceptors (Lipinski definition) is 4. The minimum atomic E-state index is -0.392. The van der Waals surface area contributed by atoms with Crippen molar-refractivity contribution in [2.24, 2.45) is 0 Å². The summed E-state index contributed by atoms with van der Waals surface area (Å²) in [4.78, 5) is 25.8. The first-order valence-corrected chi connectivity index (χ1v) is 9.23. The maximum absolute atomic E-state index is 12.6.